The number of rotatable bonds is 3. The maximum Gasteiger partial charge on any atom is 0.333 e. The Kier molecular flexibility index (Phi) is 2.73. The molecule has 1 atom stereocenters. The summed E-state index contributed by atoms with van der Waals surface area (Å²) < 4.78 is 10.2. The minimum Gasteiger partial charge on any atom is -0.428 e. The van der Waals surface area contributed by atoms with Crippen LogP contribution in [0.25, 0.3) is 5.57 Å². The van der Waals surface area contributed by atoms with E-state index in [1.807, 2.05) is 6.92 Å². The fourth-order valence-corrected chi connectivity index (χ4v) is 1.33. The van der Waals surface area contributed by atoms with Crippen LogP contribution in [0.15, 0.2) is 24.7 Å². The molecule has 0 amide bonds. The summed E-state index contributed by atoms with van der Waals surface area (Å²) in [5, 5.41) is 0. The van der Waals surface area contributed by atoms with Gasteiger partial charge in [-0.1, -0.05) is 0 Å². The topological polar surface area (TPSA) is 61.3 Å². The van der Waals surface area contributed by atoms with Crippen LogP contribution in [-0.2, 0) is 14.3 Å². The summed E-state index contributed by atoms with van der Waals surface area (Å²) in [6.07, 6.45) is 3.77. The summed E-state index contributed by atoms with van der Waals surface area (Å²) in [6.45, 7) is 2.31. The zero-order chi connectivity index (χ0) is 10.7. The summed E-state index contributed by atoms with van der Waals surface area (Å²) in [5.41, 5.74) is 1.29. The van der Waals surface area contributed by atoms with Crippen molar-refractivity contribution in [3.63, 3.8) is 0 Å². The van der Waals surface area contributed by atoms with Gasteiger partial charge in [0.25, 0.3) is 0 Å². The molecule has 0 saturated heterocycles. The second-order valence-corrected chi connectivity index (χ2v) is 2.92. The summed E-state index contributed by atoms with van der Waals surface area (Å²) in [6, 6.07) is 1.71. The summed E-state index contributed by atoms with van der Waals surface area (Å²) >= 11 is 0. The lowest BCUT2D eigenvalue weighted by Gasteiger charge is -2.12. The lowest BCUT2D eigenvalue weighted by atomic mass is 10.2. The van der Waals surface area contributed by atoms with Gasteiger partial charge in [0.15, 0.2) is 0 Å². The average molecular weight is 206 g/mol. The molecule has 0 saturated carbocycles. The molecular weight excluding hydrogens is 196 g/mol. The number of hydrogen-bond acceptors (Lipinski definition) is 5. The second-order valence-electron chi connectivity index (χ2n) is 2.92. The van der Waals surface area contributed by atoms with Crippen LogP contribution in [-0.4, -0.2) is 28.8 Å². The molecule has 0 fully saturated rings. The van der Waals surface area contributed by atoms with E-state index in [9.17, 15) is 4.79 Å². The van der Waals surface area contributed by atoms with E-state index in [0.717, 1.165) is 0 Å². The van der Waals surface area contributed by atoms with Gasteiger partial charge in [-0.3, -0.25) is 0 Å². The van der Waals surface area contributed by atoms with Crippen molar-refractivity contribution in [2.24, 2.45) is 0 Å². The van der Waals surface area contributed by atoms with Crippen molar-refractivity contribution < 1.29 is 14.3 Å². The van der Waals surface area contributed by atoms with Gasteiger partial charge >= 0.3 is 5.97 Å². The van der Waals surface area contributed by atoms with Crippen molar-refractivity contribution in [2.45, 2.75) is 13.2 Å². The minimum atomic E-state index is -0.641. The van der Waals surface area contributed by atoms with Gasteiger partial charge in [-0.15, -0.1) is 0 Å². The highest BCUT2D eigenvalue weighted by Gasteiger charge is 2.28. The molecule has 2 heterocycles. The number of hydrogen-bond donors (Lipinski definition) is 0. The van der Waals surface area contributed by atoms with Crippen molar-refractivity contribution in [1.29, 1.82) is 0 Å². The lowest BCUT2D eigenvalue weighted by Crippen LogP contribution is -2.16. The van der Waals surface area contributed by atoms with E-state index in [1.54, 1.807) is 12.3 Å². The first-order valence-corrected chi connectivity index (χ1v) is 4.61. The molecule has 0 aromatic carbocycles. The first-order valence-electron chi connectivity index (χ1n) is 4.61. The predicted molar refractivity (Wildman–Crippen MR) is 51.5 cm³/mol. The van der Waals surface area contributed by atoms with Gasteiger partial charge in [0.05, 0.1) is 11.3 Å². The number of carbonyl (C=O) groups is 1. The molecular formula is C10H10N2O3. The molecule has 0 bridgehead atoms. The molecule has 0 aliphatic carbocycles. The third kappa shape index (κ3) is 2.02. The van der Waals surface area contributed by atoms with E-state index in [-0.39, 0.29) is 0 Å². The van der Waals surface area contributed by atoms with Gasteiger partial charge in [-0.2, -0.15) is 0 Å². The molecule has 1 aromatic heterocycles. The standard InChI is InChI=1S/C10H10N2O3/c1-2-14-10-7(5-9(13)15-10)8-3-4-11-6-12-8/h3-6,10H,2H2,1H3. The van der Waals surface area contributed by atoms with E-state index < -0.39 is 12.3 Å². The zero-order valence-corrected chi connectivity index (χ0v) is 8.21. The third-order valence-corrected chi connectivity index (χ3v) is 1.95. The fourth-order valence-electron chi connectivity index (χ4n) is 1.33. The summed E-state index contributed by atoms with van der Waals surface area (Å²) in [5.74, 6) is -0.401. The number of cyclic esters (lactones) is 1. The third-order valence-electron chi connectivity index (χ3n) is 1.95. The highest BCUT2D eigenvalue weighted by atomic mass is 16.7. The van der Waals surface area contributed by atoms with Crippen LogP contribution in [0.4, 0.5) is 0 Å². The van der Waals surface area contributed by atoms with E-state index in [2.05, 4.69) is 9.97 Å². The van der Waals surface area contributed by atoms with Gasteiger partial charge in [0.1, 0.15) is 6.33 Å². The van der Waals surface area contributed by atoms with Gasteiger partial charge in [0, 0.05) is 18.9 Å². The Hall–Kier alpha value is -1.75. The Morgan fingerprint density at radius 1 is 1.60 bits per heavy atom. The molecule has 1 aromatic rings. The lowest BCUT2D eigenvalue weighted by molar-refractivity contribution is -0.156. The van der Waals surface area contributed by atoms with Crippen LogP contribution in [0.3, 0.4) is 0 Å². The number of carbonyl (C=O) groups excluding carboxylic acids is 1. The molecule has 5 heteroatoms. The Labute approximate surface area is 86.8 Å². The second kappa shape index (κ2) is 4.18. The molecule has 15 heavy (non-hydrogen) atoms. The monoisotopic (exact) mass is 206 g/mol. The summed E-state index contributed by atoms with van der Waals surface area (Å²) in [7, 11) is 0. The van der Waals surface area contributed by atoms with Crippen LogP contribution in [0, 0.1) is 0 Å². The predicted octanol–water partition coefficient (Wildman–Crippen LogP) is 0.779. The van der Waals surface area contributed by atoms with Gasteiger partial charge in [-0.25, -0.2) is 14.8 Å². The van der Waals surface area contributed by atoms with E-state index in [1.165, 1.54) is 12.4 Å². The van der Waals surface area contributed by atoms with Crippen LogP contribution >= 0.6 is 0 Å². The highest BCUT2D eigenvalue weighted by Crippen LogP contribution is 2.24. The zero-order valence-electron chi connectivity index (χ0n) is 8.21. The molecule has 5 nitrogen and oxygen atoms in total. The highest BCUT2D eigenvalue weighted by molar-refractivity contribution is 5.96. The fraction of sp³-hybridized carbons (Fsp3) is 0.300. The van der Waals surface area contributed by atoms with Crippen molar-refractivity contribution in [1.82, 2.24) is 9.97 Å². The average Bonchev–Trinajstić information content (AvgIpc) is 2.62. The largest absolute Gasteiger partial charge is 0.428 e. The molecule has 78 valence electrons. The minimum absolute atomic E-state index is 0.401. The smallest absolute Gasteiger partial charge is 0.333 e. The van der Waals surface area contributed by atoms with E-state index in [0.29, 0.717) is 17.9 Å². The van der Waals surface area contributed by atoms with Crippen LogP contribution in [0.2, 0.25) is 0 Å². The van der Waals surface area contributed by atoms with E-state index in [4.69, 9.17) is 9.47 Å². The van der Waals surface area contributed by atoms with E-state index >= 15 is 0 Å². The number of esters is 1. The maximum absolute atomic E-state index is 11.1. The van der Waals surface area contributed by atoms with Crippen molar-refractivity contribution >= 4 is 11.5 Å². The molecule has 1 aliphatic rings. The van der Waals surface area contributed by atoms with Crippen molar-refractivity contribution in [3.05, 3.63) is 30.4 Å². The SMILES string of the molecule is CCOC1OC(=O)C=C1c1ccncn1. The molecule has 0 N–H and O–H groups in total. The summed E-state index contributed by atoms with van der Waals surface area (Å²) in [4.78, 5) is 18.9. The first-order chi connectivity index (χ1) is 7.31. The van der Waals surface area contributed by atoms with Gasteiger partial charge in [-0.05, 0) is 13.0 Å². The van der Waals surface area contributed by atoms with Crippen molar-refractivity contribution in [3.8, 4) is 0 Å². The Bertz CT molecular complexity index is 389. The number of ether oxygens (including phenoxy) is 2. The first kappa shape index (κ1) is 9.79. The number of aromatic nitrogens is 2. The van der Waals surface area contributed by atoms with Gasteiger partial charge < -0.3 is 9.47 Å². The number of nitrogens with zero attached hydrogens (tertiary/aromatic N) is 2. The van der Waals surface area contributed by atoms with Crippen LogP contribution in [0.5, 0.6) is 0 Å². The molecule has 2 rings (SSSR count). The maximum atomic E-state index is 11.1. The van der Waals surface area contributed by atoms with Crippen LogP contribution < -0.4 is 0 Å². The van der Waals surface area contributed by atoms with Crippen LogP contribution in [0.1, 0.15) is 12.6 Å². The normalized spacial score (nSPS) is 19.9. The Morgan fingerprint density at radius 3 is 3.13 bits per heavy atom. The van der Waals surface area contributed by atoms with Gasteiger partial charge in [0.2, 0.25) is 6.29 Å². The van der Waals surface area contributed by atoms with Crippen molar-refractivity contribution in [2.75, 3.05) is 6.61 Å². The molecule has 1 unspecified atom stereocenters. The molecule has 1 aliphatic heterocycles. The quantitative estimate of drug-likeness (QED) is 0.684. The molecule has 0 spiro atoms. The Balaban J connectivity index is 2.27. The Morgan fingerprint density at radius 2 is 2.47 bits per heavy atom. The molecule has 0 radical (unpaired) electrons.